The maximum absolute atomic E-state index is 13.4. The van der Waals surface area contributed by atoms with E-state index in [0.29, 0.717) is 0 Å². The van der Waals surface area contributed by atoms with E-state index in [2.05, 4.69) is 18.3 Å². The van der Waals surface area contributed by atoms with E-state index in [9.17, 15) is 4.39 Å². The van der Waals surface area contributed by atoms with Crippen LogP contribution in [0.25, 0.3) is 0 Å². The Hall–Kier alpha value is -1.87. The Bertz CT molecular complexity index is 610. The lowest BCUT2D eigenvalue weighted by atomic mass is 9.94. The molecule has 0 amide bonds. The number of nitrogens with one attached hydrogen (secondary N) is 1. The Morgan fingerprint density at radius 2 is 1.90 bits per heavy atom. The number of halogens is 1. The van der Waals surface area contributed by atoms with Crippen LogP contribution in [0.15, 0.2) is 36.4 Å². The average Bonchev–Trinajstić information content (AvgIpc) is 2.44. The van der Waals surface area contributed by atoms with Gasteiger partial charge in [0, 0.05) is 5.56 Å². The van der Waals surface area contributed by atoms with Gasteiger partial charge < -0.3 is 10.1 Å². The van der Waals surface area contributed by atoms with E-state index in [0.717, 1.165) is 22.4 Å². The maximum atomic E-state index is 13.4. The molecule has 3 heteroatoms. The Kier molecular flexibility index (Phi) is 4.40. The molecule has 0 heterocycles. The summed E-state index contributed by atoms with van der Waals surface area (Å²) >= 11 is 0. The quantitative estimate of drug-likeness (QED) is 0.915. The summed E-state index contributed by atoms with van der Waals surface area (Å²) < 4.78 is 19.0. The van der Waals surface area contributed by atoms with E-state index < -0.39 is 0 Å². The second-order valence-electron chi connectivity index (χ2n) is 4.91. The molecule has 0 aliphatic rings. The van der Waals surface area contributed by atoms with Gasteiger partial charge in [-0.1, -0.05) is 24.3 Å². The van der Waals surface area contributed by atoms with Gasteiger partial charge in [-0.2, -0.15) is 0 Å². The highest BCUT2D eigenvalue weighted by atomic mass is 19.1. The van der Waals surface area contributed by atoms with Gasteiger partial charge in [0.1, 0.15) is 11.6 Å². The van der Waals surface area contributed by atoms with Crippen LogP contribution in [-0.4, -0.2) is 14.2 Å². The van der Waals surface area contributed by atoms with Crippen molar-refractivity contribution in [1.29, 1.82) is 0 Å². The van der Waals surface area contributed by atoms with Gasteiger partial charge in [0.25, 0.3) is 0 Å². The standard InChI is InChI=1S/C17H20FNO/c1-11-8-9-15(17(20-4)12(11)2)16(19-3)13-6-5-7-14(18)10-13/h5-10,16,19H,1-4H3. The third-order valence-electron chi connectivity index (χ3n) is 3.69. The third-order valence-corrected chi connectivity index (χ3v) is 3.69. The third kappa shape index (κ3) is 2.68. The van der Waals surface area contributed by atoms with Crippen LogP contribution in [0.3, 0.4) is 0 Å². The molecule has 0 spiro atoms. The first kappa shape index (κ1) is 14.5. The van der Waals surface area contributed by atoms with Crippen molar-refractivity contribution in [2.75, 3.05) is 14.2 Å². The van der Waals surface area contributed by atoms with Crippen molar-refractivity contribution in [3.8, 4) is 5.75 Å². The van der Waals surface area contributed by atoms with Crippen molar-refractivity contribution < 1.29 is 9.13 Å². The molecule has 20 heavy (non-hydrogen) atoms. The predicted molar refractivity (Wildman–Crippen MR) is 79.8 cm³/mol. The molecule has 0 fully saturated rings. The zero-order chi connectivity index (χ0) is 14.7. The maximum Gasteiger partial charge on any atom is 0.127 e. The second-order valence-corrected chi connectivity index (χ2v) is 4.91. The monoisotopic (exact) mass is 273 g/mol. The van der Waals surface area contributed by atoms with Gasteiger partial charge in [0.15, 0.2) is 0 Å². The fraction of sp³-hybridized carbons (Fsp3) is 0.294. The van der Waals surface area contributed by atoms with Crippen LogP contribution >= 0.6 is 0 Å². The molecule has 0 aliphatic heterocycles. The summed E-state index contributed by atoms with van der Waals surface area (Å²) in [5.74, 6) is 0.624. The van der Waals surface area contributed by atoms with E-state index >= 15 is 0 Å². The minimum absolute atomic E-state index is 0.0973. The largest absolute Gasteiger partial charge is 0.496 e. The summed E-state index contributed by atoms with van der Waals surface area (Å²) in [6.45, 7) is 4.09. The Balaban J connectivity index is 2.55. The normalized spacial score (nSPS) is 12.2. The van der Waals surface area contributed by atoms with Crippen LogP contribution in [0.2, 0.25) is 0 Å². The summed E-state index contributed by atoms with van der Waals surface area (Å²) in [5.41, 5.74) is 4.19. The highest BCUT2D eigenvalue weighted by Crippen LogP contribution is 2.34. The van der Waals surface area contributed by atoms with E-state index in [1.807, 2.05) is 26.1 Å². The van der Waals surface area contributed by atoms with Crippen LogP contribution in [0, 0.1) is 19.7 Å². The van der Waals surface area contributed by atoms with Gasteiger partial charge in [-0.05, 0) is 49.7 Å². The smallest absolute Gasteiger partial charge is 0.127 e. The fourth-order valence-electron chi connectivity index (χ4n) is 2.50. The number of hydrogen-bond donors (Lipinski definition) is 1. The number of ether oxygens (including phenoxy) is 1. The van der Waals surface area contributed by atoms with Gasteiger partial charge >= 0.3 is 0 Å². The van der Waals surface area contributed by atoms with Crippen molar-refractivity contribution in [2.24, 2.45) is 0 Å². The molecule has 106 valence electrons. The molecule has 2 aromatic carbocycles. The summed E-state index contributed by atoms with van der Waals surface area (Å²) in [6.07, 6.45) is 0. The molecule has 0 aliphatic carbocycles. The van der Waals surface area contributed by atoms with Gasteiger partial charge in [-0.3, -0.25) is 0 Å². The van der Waals surface area contributed by atoms with Crippen molar-refractivity contribution in [2.45, 2.75) is 19.9 Å². The van der Waals surface area contributed by atoms with Gasteiger partial charge in [-0.15, -0.1) is 0 Å². The molecular weight excluding hydrogens is 253 g/mol. The van der Waals surface area contributed by atoms with Crippen LogP contribution in [0.5, 0.6) is 5.75 Å². The molecule has 0 saturated heterocycles. The van der Waals surface area contributed by atoms with Crippen molar-refractivity contribution >= 4 is 0 Å². The molecule has 0 radical (unpaired) electrons. The molecule has 1 unspecified atom stereocenters. The van der Waals surface area contributed by atoms with E-state index in [4.69, 9.17) is 4.74 Å². The molecule has 2 aromatic rings. The SMILES string of the molecule is CNC(c1cccc(F)c1)c1ccc(C)c(C)c1OC. The number of aryl methyl sites for hydroxylation is 1. The van der Waals surface area contributed by atoms with E-state index in [1.54, 1.807) is 19.2 Å². The lowest BCUT2D eigenvalue weighted by Crippen LogP contribution is -2.19. The highest BCUT2D eigenvalue weighted by molar-refractivity contribution is 5.49. The minimum atomic E-state index is -0.231. The zero-order valence-corrected chi connectivity index (χ0v) is 12.3. The van der Waals surface area contributed by atoms with Gasteiger partial charge in [0.05, 0.1) is 13.2 Å². The molecule has 1 atom stereocenters. The van der Waals surface area contributed by atoms with Crippen LogP contribution in [0.4, 0.5) is 4.39 Å². The first-order chi connectivity index (χ1) is 9.58. The number of methoxy groups -OCH3 is 1. The Morgan fingerprint density at radius 1 is 1.15 bits per heavy atom. The molecule has 2 nitrogen and oxygen atoms in total. The van der Waals surface area contributed by atoms with E-state index in [-0.39, 0.29) is 11.9 Å². The van der Waals surface area contributed by atoms with Gasteiger partial charge in [0.2, 0.25) is 0 Å². The Morgan fingerprint density at radius 3 is 2.50 bits per heavy atom. The Labute approximate surface area is 119 Å². The summed E-state index contributed by atoms with van der Waals surface area (Å²) in [6, 6.07) is 10.6. The van der Waals surface area contributed by atoms with Gasteiger partial charge in [-0.25, -0.2) is 4.39 Å². The zero-order valence-electron chi connectivity index (χ0n) is 12.3. The molecule has 0 aromatic heterocycles. The van der Waals surface area contributed by atoms with Crippen molar-refractivity contribution in [1.82, 2.24) is 5.32 Å². The minimum Gasteiger partial charge on any atom is -0.496 e. The fourth-order valence-corrected chi connectivity index (χ4v) is 2.50. The van der Waals surface area contributed by atoms with Crippen LogP contribution < -0.4 is 10.1 Å². The lowest BCUT2D eigenvalue weighted by molar-refractivity contribution is 0.402. The van der Waals surface area contributed by atoms with Crippen molar-refractivity contribution in [3.05, 3.63) is 64.5 Å². The lowest BCUT2D eigenvalue weighted by Gasteiger charge is -2.22. The first-order valence-corrected chi connectivity index (χ1v) is 6.65. The average molecular weight is 273 g/mol. The van der Waals surface area contributed by atoms with Crippen LogP contribution in [-0.2, 0) is 0 Å². The molecule has 0 bridgehead atoms. The summed E-state index contributed by atoms with van der Waals surface area (Å²) in [4.78, 5) is 0. The first-order valence-electron chi connectivity index (χ1n) is 6.65. The number of rotatable bonds is 4. The highest BCUT2D eigenvalue weighted by Gasteiger charge is 2.19. The molecular formula is C17H20FNO. The second kappa shape index (κ2) is 6.06. The summed E-state index contributed by atoms with van der Waals surface area (Å²) in [5, 5.41) is 3.24. The predicted octanol–water partition coefficient (Wildman–Crippen LogP) is 3.76. The molecule has 1 N–H and O–H groups in total. The van der Waals surface area contributed by atoms with E-state index in [1.165, 1.54) is 11.6 Å². The van der Waals surface area contributed by atoms with Crippen LogP contribution in [0.1, 0.15) is 28.3 Å². The molecule has 2 rings (SSSR count). The topological polar surface area (TPSA) is 21.3 Å². The molecule has 0 saturated carbocycles. The number of hydrogen-bond acceptors (Lipinski definition) is 2. The van der Waals surface area contributed by atoms with Crippen molar-refractivity contribution in [3.63, 3.8) is 0 Å². The summed E-state index contributed by atoms with van der Waals surface area (Å²) in [7, 11) is 3.54. The number of benzene rings is 2.